The molecule has 6 aliphatic carbocycles. The molecule has 6 saturated carbocycles. The van der Waals surface area contributed by atoms with Crippen molar-refractivity contribution in [3.05, 3.63) is 11.3 Å². The molecule has 8 rings (SSSR count). The van der Waals surface area contributed by atoms with Crippen molar-refractivity contribution in [3.8, 4) is 0 Å². The number of rotatable bonds is 2. The van der Waals surface area contributed by atoms with Crippen LogP contribution < -0.4 is 0 Å². The fourth-order valence-corrected chi connectivity index (χ4v) is 11.0. The van der Waals surface area contributed by atoms with Gasteiger partial charge >= 0.3 is 11.9 Å². The molecule has 8 aliphatic rings. The van der Waals surface area contributed by atoms with E-state index in [1.54, 1.807) is 5.57 Å². The molecule has 14 unspecified atom stereocenters. The summed E-state index contributed by atoms with van der Waals surface area (Å²) in [6.45, 7) is 0. The van der Waals surface area contributed by atoms with E-state index in [4.69, 9.17) is 4.74 Å². The van der Waals surface area contributed by atoms with E-state index in [0.717, 1.165) is 18.3 Å². The Balaban J connectivity index is 1.23. The Morgan fingerprint density at radius 2 is 1.46 bits per heavy atom. The average molecular weight is 382 g/mol. The molecule has 0 aromatic heterocycles. The van der Waals surface area contributed by atoms with Crippen molar-refractivity contribution in [1.29, 1.82) is 0 Å². The van der Waals surface area contributed by atoms with Gasteiger partial charge in [0, 0.05) is 17.8 Å². The summed E-state index contributed by atoms with van der Waals surface area (Å²) in [5.41, 5.74) is 1.69. The van der Waals surface area contributed by atoms with Crippen molar-refractivity contribution in [3.63, 3.8) is 0 Å². The summed E-state index contributed by atoms with van der Waals surface area (Å²) in [5.74, 6) is 3.86. The van der Waals surface area contributed by atoms with Crippen molar-refractivity contribution in [2.75, 3.05) is 0 Å². The molecule has 8 bridgehead atoms. The van der Waals surface area contributed by atoms with Crippen LogP contribution in [0, 0.1) is 76.9 Å². The van der Waals surface area contributed by atoms with Gasteiger partial charge in [-0.05, 0) is 85.0 Å². The molecule has 0 spiro atoms. The first-order valence-electron chi connectivity index (χ1n) is 11.4. The largest absolute Gasteiger partial charge is 0.494 e. The van der Waals surface area contributed by atoms with E-state index in [-0.39, 0.29) is 11.8 Å². The highest BCUT2D eigenvalue weighted by Crippen LogP contribution is 2.78. The highest BCUT2D eigenvalue weighted by molar-refractivity contribution is 5.82. The summed E-state index contributed by atoms with van der Waals surface area (Å²) >= 11 is 0. The minimum Gasteiger partial charge on any atom is -0.494 e. The van der Waals surface area contributed by atoms with Crippen LogP contribution >= 0.6 is 0 Å². The quantitative estimate of drug-likeness (QED) is 0.718. The Morgan fingerprint density at radius 3 is 2.18 bits per heavy atom. The molecule has 5 nitrogen and oxygen atoms in total. The van der Waals surface area contributed by atoms with Crippen LogP contribution in [0.2, 0.25) is 0 Å². The summed E-state index contributed by atoms with van der Waals surface area (Å²) in [4.78, 5) is 24.0. The van der Waals surface area contributed by atoms with E-state index in [2.05, 4.69) is 0 Å². The highest BCUT2D eigenvalue weighted by Gasteiger charge is 2.77. The minimum absolute atomic E-state index is 0.0742. The zero-order valence-electron chi connectivity index (χ0n) is 15.7. The number of allylic oxidation sites excluding steroid dienone is 1. The van der Waals surface area contributed by atoms with Crippen molar-refractivity contribution in [2.24, 2.45) is 76.9 Å². The van der Waals surface area contributed by atoms with Gasteiger partial charge in [0.25, 0.3) is 0 Å². The normalized spacial score (nSPS) is 63.0. The summed E-state index contributed by atoms with van der Waals surface area (Å²) in [7, 11) is 0. The van der Waals surface area contributed by atoms with Crippen molar-refractivity contribution >= 4 is 11.9 Å². The molecule has 0 amide bonds. The smallest absolute Gasteiger partial charge is 0.307 e. The van der Waals surface area contributed by atoms with E-state index in [9.17, 15) is 19.8 Å². The predicted octanol–water partition coefficient (Wildman–Crippen LogP) is 2.86. The van der Waals surface area contributed by atoms with Crippen LogP contribution in [0.4, 0.5) is 0 Å². The number of hydrogen-bond acceptors (Lipinski definition) is 3. The fourth-order valence-electron chi connectivity index (χ4n) is 11.0. The van der Waals surface area contributed by atoms with E-state index in [1.807, 2.05) is 0 Å². The van der Waals surface area contributed by atoms with Gasteiger partial charge in [0.1, 0.15) is 11.9 Å². The molecular weight excluding hydrogens is 356 g/mol. The van der Waals surface area contributed by atoms with Gasteiger partial charge in [0.15, 0.2) is 0 Å². The Kier molecular flexibility index (Phi) is 2.45. The average Bonchev–Trinajstić information content (AvgIpc) is 3.50. The second kappa shape index (κ2) is 4.46. The maximum atomic E-state index is 12.0. The zero-order chi connectivity index (χ0) is 18.6. The van der Waals surface area contributed by atoms with Gasteiger partial charge in [0.05, 0.1) is 11.8 Å². The first-order valence-corrected chi connectivity index (χ1v) is 11.4. The lowest BCUT2D eigenvalue weighted by atomic mass is 9.55. The van der Waals surface area contributed by atoms with Gasteiger partial charge in [-0.25, -0.2) is 0 Å². The predicted molar refractivity (Wildman–Crippen MR) is 95.6 cm³/mol. The van der Waals surface area contributed by atoms with Crippen molar-refractivity contribution in [1.82, 2.24) is 0 Å². The Bertz CT molecular complexity index is 876. The zero-order valence-corrected chi connectivity index (χ0v) is 15.7. The summed E-state index contributed by atoms with van der Waals surface area (Å²) < 4.78 is 6.62. The molecular formula is C23H26O5. The highest BCUT2D eigenvalue weighted by atomic mass is 16.5. The van der Waals surface area contributed by atoms with Crippen LogP contribution in [0.3, 0.4) is 0 Å². The second-order valence-electron chi connectivity index (χ2n) is 11.3. The molecule has 2 aliphatic heterocycles. The van der Waals surface area contributed by atoms with Crippen LogP contribution in [0.5, 0.6) is 0 Å². The van der Waals surface area contributed by atoms with E-state index >= 15 is 0 Å². The standard InChI is InChI=1S/C23H26O5/c24-22(25)18-10-5-11(19(18)23(26)27)15-9-4-8(14(10)15)16-17(9)21-13-7-2-1-6(3-7)12(13)20(16)28-21/h6-12,14-20H,1-5H2,(H,24,25)(H,26,27). The minimum atomic E-state index is -0.878. The molecule has 2 N–H and O–H groups in total. The SMILES string of the molecule is O=C(O)C1C2CC(C1C(=O)O)C1C3CC(C4C5=C6C7CCC(C7)C6C(O5)C34)C21. The van der Waals surface area contributed by atoms with E-state index in [1.165, 1.54) is 31.4 Å². The topological polar surface area (TPSA) is 83.8 Å². The number of hydrogen-bond donors (Lipinski definition) is 2. The Morgan fingerprint density at radius 1 is 0.786 bits per heavy atom. The number of fused-ring (bicyclic) bond motifs is 22. The molecule has 28 heavy (non-hydrogen) atoms. The monoisotopic (exact) mass is 382 g/mol. The van der Waals surface area contributed by atoms with Crippen LogP contribution in [0.15, 0.2) is 11.3 Å². The van der Waals surface area contributed by atoms with Crippen LogP contribution in [0.1, 0.15) is 32.1 Å². The number of aliphatic carboxylic acids is 2. The first kappa shape index (κ1) is 15.3. The second-order valence-corrected chi connectivity index (χ2v) is 11.3. The number of carboxylic acid groups (broad SMARTS) is 2. The molecule has 0 radical (unpaired) electrons. The molecule has 0 aromatic rings. The van der Waals surface area contributed by atoms with Crippen LogP contribution in [-0.4, -0.2) is 28.3 Å². The van der Waals surface area contributed by atoms with Gasteiger partial charge in [-0.1, -0.05) is 0 Å². The summed E-state index contributed by atoms with van der Waals surface area (Å²) in [6, 6.07) is 0. The van der Waals surface area contributed by atoms with E-state index < -0.39 is 23.8 Å². The lowest BCUT2D eigenvalue weighted by molar-refractivity contribution is -0.160. The third-order valence-electron chi connectivity index (χ3n) is 11.1. The van der Waals surface area contributed by atoms with Crippen LogP contribution in [-0.2, 0) is 14.3 Å². The molecule has 14 atom stereocenters. The molecule has 7 fully saturated rings. The lowest BCUT2D eigenvalue weighted by Gasteiger charge is -2.46. The van der Waals surface area contributed by atoms with Gasteiger partial charge in [-0.3, -0.25) is 9.59 Å². The Hall–Kier alpha value is -1.52. The third-order valence-corrected chi connectivity index (χ3v) is 11.1. The fraction of sp³-hybridized carbons (Fsp3) is 0.826. The van der Waals surface area contributed by atoms with Gasteiger partial charge < -0.3 is 14.9 Å². The maximum absolute atomic E-state index is 12.0. The van der Waals surface area contributed by atoms with Crippen LogP contribution in [0.25, 0.3) is 0 Å². The number of ether oxygens (including phenoxy) is 1. The molecule has 5 heteroatoms. The number of carbonyl (C=O) groups is 2. The van der Waals surface area contributed by atoms with E-state index in [0.29, 0.717) is 47.5 Å². The van der Waals surface area contributed by atoms with Gasteiger partial charge in [-0.2, -0.15) is 0 Å². The third kappa shape index (κ3) is 1.36. The maximum Gasteiger partial charge on any atom is 0.307 e. The molecule has 0 aromatic carbocycles. The molecule has 2 heterocycles. The number of carboxylic acids is 2. The van der Waals surface area contributed by atoms with Crippen molar-refractivity contribution in [2.45, 2.75) is 38.2 Å². The van der Waals surface area contributed by atoms with Crippen molar-refractivity contribution < 1.29 is 24.5 Å². The summed E-state index contributed by atoms with van der Waals surface area (Å²) in [6.07, 6.45) is 6.50. The lowest BCUT2D eigenvalue weighted by Crippen LogP contribution is -2.49. The first-order chi connectivity index (χ1) is 13.6. The Labute approximate surface area is 163 Å². The summed E-state index contributed by atoms with van der Waals surface area (Å²) in [5, 5.41) is 19.7. The van der Waals surface area contributed by atoms with Gasteiger partial charge in [-0.15, -0.1) is 0 Å². The molecule has 1 saturated heterocycles. The molecule has 148 valence electrons. The van der Waals surface area contributed by atoms with Gasteiger partial charge in [0.2, 0.25) is 0 Å².